The predicted octanol–water partition coefficient (Wildman–Crippen LogP) is 5.75. The first kappa shape index (κ1) is 22.6. The molecule has 2 aromatic heterocycles. The Bertz CT molecular complexity index is 1600. The average Bonchev–Trinajstić information content (AvgIpc) is 3.45. The number of para-hydroxylation sites is 1. The first-order valence-corrected chi connectivity index (χ1v) is 11.6. The summed E-state index contributed by atoms with van der Waals surface area (Å²) in [7, 11) is 1.37. The maximum absolute atomic E-state index is 12.5. The summed E-state index contributed by atoms with van der Waals surface area (Å²) in [5.74, 6) is -0.620. The molecule has 174 valence electrons. The molecule has 0 atom stereocenters. The van der Waals surface area contributed by atoms with Crippen LogP contribution in [0.3, 0.4) is 0 Å². The third kappa shape index (κ3) is 4.74. The number of furan rings is 1. The monoisotopic (exact) mass is 529 g/mol. The molecule has 0 radical (unpaired) electrons. The van der Waals surface area contributed by atoms with Gasteiger partial charge in [0.1, 0.15) is 5.58 Å². The Morgan fingerprint density at radius 1 is 1.09 bits per heavy atom. The van der Waals surface area contributed by atoms with Crippen molar-refractivity contribution in [1.82, 2.24) is 9.99 Å². The fraction of sp³-hybridized carbons (Fsp3) is 0.0741. The SMILES string of the molecule is COC(=O)c1cccc(Cn2cc(/C=N/NC(=O)c3cc4cc(Br)ccc4o3)c3ccccc32)c1. The van der Waals surface area contributed by atoms with Crippen LogP contribution < -0.4 is 5.43 Å². The number of halogens is 1. The fourth-order valence-electron chi connectivity index (χ4n) is 3.96. The van der Waals surface area contributed by atoms with Crippen LogP contribution in [0.1, 0.15) is 32.0 Å². The molecule has 5 aromatic rings. The number of methoxy groups -OCH3 is 1. The molecule has 0 unspecified atom stereocenters. The Balaban J connectivity index is 1.37. The zero-order chi connectivity index (χ0) is 24.4. The van der Waals surface area contributed by atoms with E-state index in [2.05, 4.69) is 31.0 Å². The van der Waals surface area contributed by atoms with Crippen LogP contribution in [0.2, 0.25) is 0 Å². The zero-order valence-electron chi connectivity index (χ0n) is 18.7. The largest absolute Gasteiger partial charge is 0.465 e. The van der Waals surface area contributed by atoms with E-state index in [9.17, 15) is 9.59 Å². The van der Waals surface area contributed by atoms with Gasteiger partial charge in [-0.25, -0.2) is 10.2 Å². The second kappa shape index (κ2) is 9.60. The average molecular weight is 530 g/mol. The molecule has 0 saturated carbocycles. The Hall–Kier alpha value is -4.17. The standard InChI is InChI=1S/C27H20BrN3O4/c1-34-27(33)18-6-4-5-17(11-18)15-31-16-20(22-7-2-3-8-23(22)31)14-29-30-26(32)25-13-19-12-21(28)9-10-24(19)35-25/h2-14,16H,15H2,1H3,(H,30,32)/b29-14+. The van der Waals surface area contributed by atoms with Crippen molar-refractivity contribution in [3.05, 3.63) is 106 Å². The van der Waals surface area contributed by atoms with Gasteiger partial charge in [0.05, 0.1) is 18.9 Å². The minimum absolute atomic E-state index is 0.183. The van der Waals surface area contributed by atoms with Gasteiger partial charge >= 0.3 is 11.9 Å². The van der Waals surface area contributed by atoms with Crippen molar-refractivity contribution < 1.29 is 18.7 Å². The highest BCUT2D eigenvalue weighted by molar-refractivity contribution is 9.10. The number of nitrogens with one attached hydrogen (secondary N) is 1. The van der Waals surface area contributed by atoms with E-state index in [4.69, 9.17) is 9.15 Å². The van der Waals surface area contributed by atoms with Crippen molar-refractivity contribution in [1.29, 1.82) is 0 Å². The number of rotatable bonds is 6. The second-order valence-corrected chi connectivity index (χ2v) is 8.83. The van der Waals surface area contributed by atoms with Crippen LogP contribution in [0.4, 0.5) is 0 Å². The number of hydrogen-bond acceptors (Lipinski definition) is 5. The van der Waals surface area contributed by atoms with E-state index < -0.39 is 5.91 Å². The molecule has 1 N–H and O–H groups in total. The maximum atomic E-state index is 12.5. The molecule has 1 amide bonds. The Kier molecular flexibility index (Phi) is 6.20. The van der Waals surface area contributed by atoms with Crippen LogP contribution in [-0.2, 0) is 11.3 Å². The number of esters is 1. The Morgan fingerprint density at radius 3 is 2.80 bits per heavy atom. The molecule has 0 aliphatic heterocycles. The van der Waals surface area contributed by atoms with Crippen LogP contribution in [0.25, 0.3) is 21.9 Å². The zero-order valence-corrected chi connectivity index (χ0v) is 20.3. The summed E-state index contributed by atoms with van der Waals surface area (Å²) in [4.78, 5) is 24.4. The molecule has 0 bridgehead atoms. The quantitative estimate of drug-likeness (QED) is 0.172. The molecule has 0 saturated heterocycles. The molecule has 0 fully saturated rings. The lowest BCUT2D eigenvalue weighted by molar-refractivity contribution is 0.0600. The molecule has 0 aliphatic carbocycles. The van der Waals surface area contributed by atoms with Gasteiger partial charge in [0.2, 0.25) is 0 Å². The maximum Gasteiger partial charge on any atom is 0.337 e. The number of carbonyl (C=O) groups is 2. The second-order valence-electron chi connectivity index (χ2n) is 7.91. The number of nitrogens with zero attached hydrogens (tertiary/aromatic N) is 2. The van der Waals surface area contributed by atoms with E-state index in [1.165, 1.54) is 7.11 Å². The minimum Gasteiger partial charge on any atom is -0.465 e. The van der Waals surface area contributed by atoms with E-state index >= 15 is 0 Å². The summed E-state index contributed by atoms with van der Waals surface area (Å²) in [6, 6.07) is 22.5. The summed E-state index contributed by atoms with van der Waals surface area (Å²) in [5, 5.41) is 5.97. The summed E-state index contributed by atoms with van der Waals surface area (Å²) in [6.45, 7) is 0.556. The number of ether oxygens (including phenoxy) is 1. The van der Waals surface area contributed by atoms with E-state index in [0.717, 1.165) is 31.9 Å². The van der Waals surface area contributed by atoms with Crippen molar-refractivity contribution in [3.8, 4) is 0 Å². The molecule has 35 heavy (non-hydrogen) atoms. The van der Waals surface area contributed by atoms with Gasteiger partial charge in [-0.15, -0.1) is 0 Å². The summed E-state index contributed by atoms with van der Waals surface area (Å²) >= 11 is 3.41. The number of carbonyl (C=O) groups excluding carboxylic acids is 2. The van der Waals surface area contributed by atoms with Gasteiger partial charge in [-0.05, 0) is 48.0 Å². The van der Waals surface area contributed by atoms with Gasteiger partial charge in [-0.1, -0.05) is 46.3 Å². The van der Waals surface area contributed by atoms with E-state index in [-0.39, 0.29) is 11.7 Å². The van der Waals surface area contributed by atoms with Gasteiger partial charge in [-0.2, -0.15) is 5.10 Å². The predicted molar refractivity (Wildman–Crippen MR) is 138 cm³/mol. The van der Waals surface area contributed by atoms with Gasteiger partial charge in [-0.3, -0.25) is 4.79 Å². The third-order valence-electron chi connectivity index (χ3n) is 5.59. The van der Waals surface area contributed by atoms with Crippen molar-refractivity contribution in [2.24, 2.45) is 5.10 Å². The topological polar surface area (TPSA) is 85.8 Å². The lowest BCUT2D eigenvalue weighted by atomic mass is 10.1. The van der Waals surface area contributed by atoms with Crippen LogP contribution in [0.5, 0.6) is 0 Å². The molecular formula is C27H20BrN3O4. The first-order chi connectivity index (χ1) is 17.0. The Labute approximate surface area is 209 Å². The highest BCUT2D eigenvalue weighted by atomic mass is 79.9. The molecule has 0 spiro atoms. The highest BCUT2D eigenvalue weighted by Gasteiger charge is 2.13. The summed E-state index contributed by atoms with van der Waals surface area (Å²) < 4.78 is 13.4. The third-order valence-corrected chi connectivity index (χ3v) is 6.09. The lowest BCUT2D eigenvalue weighted by Crippen LogP contribution is -2.16. The van der Waals surface area contributed by atoms with Crippen molar-refractivity contribution in [2.75, 3.05) is 7.11 Å². The molecule has 3 aromatic carbocycles. The molecular weight excluding hydrogens is 510 g/mol. The Morgan fingerprint density at radius 2 is 1.94 bits per heavy atom. The summed E-state index contributed by atoms with van der Waals surface area (Å²) in [5.41, 5.74) is 6.48. The molecule has 7 nitrogen and oxygen atoms in total. The molecule has 8 heteroatoms. The van der Waals surface area contributed by atoms with Crippen LogP contribution >= 0.6 is 15.9 Å². The normalized spacial score (nSPS) is 11.4. The van der Waals surface area contributed by atoms with Gasteiger partial charge in [0.25, 0.3) is 0 Å². The molecule has 5 rings (SSSR count). The number of amides is 1. The molecule has 0 aliphatic rings. The van der Waals surface area contributed by atoms with E-state index in [1.807, 2.05) is 60.8 Å². The molecule has 2 heterocycles. The number of aromatic nitrogens is 1. The number of hydrogen-bond donors (Lipinski definition) is 1. The van der Waals surface area contributed by atoms with Crippen molar-refractivity contribution >= 4 is 55.9 Å². The van der Waals surface area contributed by atoms with Gasteiger partial charge in [0, 0.05) is 39.1 Å². The minimum atomic E-state index is -0.433. The number of benzene rings is 3. The van der Waals surface area contributed by atoms with Crippen molar-refractivity contribution in [3.63, 3.8) is 0 Å². The lowest BCUT2D eigenvalue weighted by Gasteiger charge is -2.07. The van der Waals surface area contributed by atoms with E-state index in [1.54, 1.807) is 24.4 Å². The van der Waals surface area contributed by atoms with Crippen LogP contribution in [0, 0.1) is 0 Å². The van der Waals surface area contributed by atoms with Crippen molar-refractivity contribution in [2.45, 2.75) is 6.54 Å². The van der Waals surface area contributed by atoms with Crippen LogP contribution in [-0.4, -0.2) is 29.8 Å². The first-order valence-electron chi connectivity index (χ1n) is 10.8. The van der Waals surface area contributed by atoms with Gasteiger partial charge in [0.15, 0.2) is 5.76 Å². The smallest absolute Gasteiger partial charge is 0.337 e. The number of fused-ring (bicyclic) bond motifs is 2. The summed E-state index contributed by atoms with van der Waals surface area (Å²) in [6.07, 6.45) is 3.57. The number of hydrazone groups is 1. The highest BCUT2D eigenvalue weighted by Crippen LogP contribution is 2.24. The fourth-order valence-corrected chi connectivity index (χ4v) is 4.34. The van der Waals surface area contributed by atoms with E-state index in [0.29, 0.717) is 17.7 Å². The van der Waals surface area contributed by atoms with Gasteiger partial charge < -0.3 is 13.7 Å². The van der Waals surface area contributed by atoms with Crippen LogP contribution in [0.15, 0.2) is 93.0 Å².